The summed E-state index contributed by atoms with van der Waals surface area (Å²) in [7, 11) is 0. The third-order valence-electron chi connectivity index (χ3n) is 4.64. The van der Waals surface area contributed by atoms with Crippen molar-refractivity contribution in [3.63, 3.8) is 0 Å². The average Bonchev–Trinajstić information content (AvgIpc) is 3.13. The largest absolute Gasteiger partial charge is 0.376 e. The minimum atomic E-state index is 0.279. The molecule has 1 aromatic rings. The van der Waals surface area contributed by atoms with Gasteiger partial charge in [-0.2, -0.15) is 0 Å². The molecule has 2 fully saturated rings. The van der Waals surface area contributed by atoms with Crippen LogP contribution in [0.15, 0.2) is 0 Å². The van der Waals surface area contributed by atoms with Gasteiger partial charge < -0.3 is 4.74 Å². The molecule has 0 N–H and O–H groups in total. The lowest BCUT2D eigenvalue weighted by atomic mass is 9.98. The van der Waals surface area contributed by atoms with E-state index >= 15 is 0 Å². The fourth-order valence-corrected chi connectivity index (χ4v) is 3.61. The predicted molar refractivity (Wildman–Crippen MR) is 79.8 cm³/mol. The number of likely N-dealkylation sites (tertiary alicyclic amines) is 1. The van der Waals surface area contributed by atoms with Gasteiger partial charge in [0.1, 0.15) is 0 Å². The van der Waals surface area contributed by atoms with Crippen molar-refractivity contribution in [1.29, 1.82) is 0 Å². The first-order valence-corrected chi connectivity index (χ1v) is 8.37. The molecule has 0 spiro atoms. The Balaban J connectivity index is 1.77. The molecule has 0 aromatic carbocycles. The minimum Gasteiger partial charge on any atom is -0.376 e. The Hall–Kier alpha value is -1.01. The zero-order chi connectivity index (χ0) is 14.7. The molecule has 0 amide bonds. The number of hydrogen-bond acceptors (Lipinski definition) is 5. The summed E-state index contributed by atoms with van der Waals surface area (Å²) in [5, 5.41) is 12.5. The van der Waals surface area contributed by atoms with Crippen LogP contribution >= 0.6 is 0 Å². The van der Waals surface area contributed by atoms with Gasteiger partial charge in [0.25, 0.3) is 0 Å². The molecule has 0 unspecified atom stereocenters. The fraction of sp³-hybridized carbons (Fsp3) is 0.933. The van der Waals surface area contributed by atoms with Gasteiger partial charge in [-0.15, -0.1) is 5.10 Å². The number of ether oxygens (including phenoxy) is 1. The number of piperidine rings is 1. The molecule has 2 aliphatic heterocycles. The molecule has 0 bridgehead atoms. The van der Waals surface area contributed by atoms with Crippen molar-refractivity contribution in [3.05, 3.63) is 5.82 Å². The highest BCUT2D eigenvalue weighted by Gasteiger charge is 2.30. The summed E-state index contributed by atoms with van der Waals surface area (Å²) in [5.74, 6) is 1.53. The highest BCUT2D eigenvalue weighted by molar-refractivity contribution is 4.96. The zero-order valence-electron chi connectivity index (χ0n) is 13.2. The molecular weight excluding hydrogens is 266 g/mol. The van der Waals surface area contributed by atoms with E-state index in [1.54, 1.807) is 0 Å². The van der Waals surface area contributed by atoms with E-state index in [1.807, 2.05) is 4.68 Å². The number of nitrogens with zero attached hydrogens (tertiary/aromatic N) is 5. The molecule has 21 heavy (non-hydrogen) atoms. The van der Waals surface area contributed by atoms with E-state index < -0.39 is 0 Å². The first kappa shape index (κ1) is 14.9. The second-order valence-corrected chi connectivity index (χ2v) is 6.64. The molecule has 2 atom stereocenters. The molecule has 0 radical (unpaired) electrons. The van der Waals surface area contributed by atoms with Crippen LogP contribution in [0.3, 0.4) is 0 Å². The summed E-state index contributed by atoms with van der Waals surface area (Å²) in [6.45, 7) is 8.53. The predicted octanol–water partition coefficient (Wildman–Crippen LogP) is 2.04. The van der Waals surface area contributed by atoms with E-state index in [9.17, 15) is 0 Å². The van der Waals surface area contributed by atoms with E-state index in [-0.39, 0.29) is 6.10 Å². The average molecular weight is 293 g/mol. The first-order valence-electron chi connectivity index (χ1n) is 8.37. The Bertz CT molecular complexity index is 435. The van der Waals surface area contributed by atoms with E-state index in [2.05, 4.69) is 34.3 Å². The molecule has 0 aliphatic carbocycles. The Morgan fingerprint density at radius 3 is 2.67 bits per heavy atom. The van der Waals surface area contributed by atoms with Crippen molar-refractivity contribution in [2.24, 2.45) is 5.92 Å². The smallest absolute Gasteiger partial charge is 0.168 e. The van der Waals surface area contributed by atoms with Crippen molar-refractivity contribution < 1.29 is 4.74 Å². The lowest BCUT2D eigenvalue weighted by Crippen LogP contribution is -2.38. The molecule has 6 nitrogen and oxygen atoms in total. The minimum absolute atomic E-state index is 0.279. The summed E-state index contributed by atoms with van der Waals surface area (Å²) in [6, 6.07) is 0.321. The number of rotatable bonds is 5. The molecule has 1 aromatic heterocycles. The second kappa shape index (κ2) is 6.83. The highest BCUT2D eigenvalue weighted by atomic mass is 16.5. The van der Waals surface area contributed by atoms with Crippen LogP contribution in [0.25, 0.3) is 0 Å². The molecule has 2 saturated heterocycles. The summed E-state index contributed by atoms with van der Waals surface area (Å²) < 4.78 is 7.72. The van der Waals surface area contributed by atoms with Crippen molar-refractivity contribution in [2.75, 3.05) is 19.7 Å². The van der Waals surface area contributed by atoms with Crippen LogP contribution in [0.4, 0.5) is 0 Å². The van der Waals surface area contributed by atoms with Gasteiger partial charge in [-0.3, -0.25) is 4.90 Å². The third-order valence-corrected chi connectivity index (χ3v) is 4.64. The monoisotopic (exact) mass is 293 g/mol. The standard InChI is InChI=1S/C15H27N5O/c1-12(2)14(19-8-4-3-5-9-19)15-16-17-18-20(15)11-13-7-6-10-21-13/h12-14H,3-11H2,1-2H3/t13-,14-/m1/s1. The third kappa shape index (κ3) is 3.43. The van der Waals surface area contributed by atoms with Gasteiger partial charge in [0, 0.05) is 6.61 Å². The molecule has 0 saturated carbocycles. The maximum Gasteiger partial charge on any atom is 0.168 e. The summed E-state index contributed by atoms with van der Waals surface area (Å²) >= 11 is 0. The Morgan fingerprint density at radius 2 is 2.00 bits per heavy atom. The molecule has 3 heterocycles. The Morgan fingerprint density at radius 1 is 1.19 bits per heavy atom. The summed E-state index contributed by atoms with van der Waals surface area (Å²) in [6.07, 6.45) is 6.48. The summed E-state index contributed by atoms with van der Waals surface area (Å²) in [4.78, 5) is 2.56. The highest BCUT2D eigenvalue weighted by Crippen LogP contribution is 2.29. The van der Waals surface area contributed by atoms with Crippen molar-refractivity contribution >= 4 is 0 Å². The Labute approximate surface area is 126 Å². The normalized spacial score (nSPS) is 25.6. The maximum atomic E-state index is 5.74. The zero-order valence-corrected chi connectivity index (χ0v) is 13.2. The van der Waals surface area contributed by atoms with Crippen LogP contribution in [0, 0.1) is 5.92 Å². The van der Waals surface area contributed by atoms with Gasteiger partial charge in [0.15, 0.2) is 5.82 Å². The van der Waals surface area contributed by atoms with Gasteiger partial charge in [-0.25, -0.2) is 4.68 Å². The van der Waals surface area contributed by atoms with Crippen LogP contribution in [0.1, 0.15) is 57.8 Å². The van der Waals surface area contributed by atoms with E-state index in [0.717, 1.165) is 44.9 Å². The van der Waals surface area contributed by atoms with Crippen LogP contribution in [-0.2, 0) is 11.3 Å². The quantitative estimate of drug-likeness (QED) is 0.831. The molecule has 2 aliphatic rings. The van der Waals surface area contributed by atoms with Crippen molar-refractivity contribution in [3.8, 4) is 0 Å². The Kier molecular flexibility index (Phi) is 4.85. The van der Waals surface area contributed by atoms with Gasteiger partial charge in [0.05, 0.1) is 18.7 Å². The summed E-state index contributed by atoms with van der Waals surface area (Å²) in [5.41, 5.74) is 0. The van der Waals surface area contributed by atoms with E-state index in [1.165, 1.54) is 19.3 Å². The first-order chi connectivity index (χ1) is 10.3. The number of tetrazole rings is 1. The van der Waals surface area contributed by atoms with Gasteiger partial charge in [0.2, 0.25) is 0 Å². The lowest BCUT2D eigenvalue weighted by molar-refractivity contribution is 0.0843. The van der Waals surface area contributed by atoms with E-state index in [0.29, 0.717) is 12.0 Å². The molecule has 3 rings (SSSR count). The van der Waals surface area contributed by atoms with Crippen LogP contribution < -0.4 is 0 Å². The van der Waals surface area contributed by atoms with Gasteiger partial charge >= 0.3 is 0 Å². The van der Waals surface area contributed by atoms with Crippen molar-refractivity contribution in [2.45, 2.75) is 64.6 Å². The second-order valence-electron chi connectivity index (χ2n) is 6.64. The topological polar surface area (TPSA) is 56.1 Å². The number of aromatic nitrogens is 4. The van der Waals surface area contributed by atoms with Gasteiger partial charge in [-0.05, 0) is 55.1 Å². The SMILES string of the molecule is CC(C)[C@H](c1nnnn1C[C@H]1CCCO1)N1CCCCC1. The van der Waals surface area contributed by atoms with Crippen LogP contribution in [0.5, 0.6) is 0 Å². The van der Waals surface area contributed by atoms with Crippen LogP contribution in [0.2, 0.25) is 0 Å². The lowest BCUT2D eigenvalue weighted by Gasteiger charge is -2.36. The number of hydrogen-bond donors (Lipinski definition) is 0. The fourth-order valence-electron chi connectivity index (χ4n) is 3.61. The van der Waals surface area contributed by atoms with Crippen molar-refractivity contribution in [1.82, 2.24) is 25.1 Å². The molecular formula is C15H27N5O. The molecule has 6 heteroatoms. The van der Waals surface area contributed by atoms with E-state index in [4.69, 9.17) is 4.74 Å². The van der Waals surface area contributed by atoms with Gasteiger partial charge in [-0.1, -0.05) is 20.3 Å². The van der Waals surface area contributed by atoms with Crippen LogP contribution in [-0.4, -0.2) is 50.9 Å². The maximum absolute atomic E-state index is 5.74. The molecule has 118 valence electrons.